The van der Waals surface area contributed by atoms with Gasteiger partial charge >= 0.3 is 6.18 Å². The maximum Gasteiger partial charge on any atom is 0.417 e. The Labute approximate surface area is 152 Å². The van der Waals surface area contributed by atoms with Crippen molar-refractivity contribution in [3.8, 4) is 11.3 Å². The molecule has 0 aliphatic rings. The predicted molar refractivity (Wildman–Crippen MR) is 95.0 cm³/mol. The number of rotatable bonds is 4. The van der Waals surface area contributed by atoms with Gasteiger partial charge in [-0.1, -0.05) is 24.3 Å². The first kappa shape index (κ1) is 17.0. The quantitative estimate of drug-likeness (QED) is 0.579. The molecule has 0 radical (unpaired) electrons. The van der Waals surface area contributed by atoms with Crippen molar-refractivity contribution >= 4 is 11.5 Å². The number of aromatic nitrogens is 4. The van der Waals surface area contributed by atoms with E-state index in [4.69, 9.17) is 0 Å². The van der Waals surface area contributed by atoms with Crippen LogP contribution in [0, 0.1) is 0 Å². The SMILES string of the molecule is FC(F)(F)c1ccccc1-c1ccc2ncc(NCc3cccnc3)n2n1. The number of anilines is 1. The van der Waals surface area contributed by atoms with Crippen molar-refractivity contribution in [1.82, 2.24) is 19.6 Å². The van der Waals surface area contributed by atoms with Crippen LogP contribution in [0.25, 0.3) is 16.9 Å². The average molecular weight is 369 g/mol. The average Bonchev–Trinajstić information content (AvgIpc) is 3.09. The molecule has 1 N–H and O–H groups in total. The molecule has 1 aromatic carbocycles. The lowest BCUT2D eigenvalue weighted by Gasteiger charge is -2.12. The second-order valence-corrected chi connectivity index (χ2v) is 5.89. The topological polar surface area (TPSA) is 55.1 Å². The number of hydrogen-bond acceptors (Lipinski definition) is 4. The fourth-order valence-electron chi connectivity index (χ4n) is 2.79. The molecule has 4 aromatic rings. The van der Waals surface area contributed by atoms with Crippen LogP contribution in [0.15, 0.2) is 67.1 Å². The lowest BCUT2D eigenvalue weighted by atomic mass is 10.0. The Morgan fingerprint density at radius 3 is 2.59 bits per heavy atom. The van der Waals surface area contributed by atoms with E-state index >= 15 is 0 Å². The first-order valence-corrected chi connectivity index (χ1v) is 8.16. The number of nitrogens with one attached hydrogen (secondary N) is 1. The van der Waals surface area contributed by atoms with Gasteiger partial charge in [-0.25, -0.2) is 4.98 Å². The minimum atomic E-state index is -4.45. The Kier molecular flexibility index (Phi) is 4.23. The molecule has 0 saturated heterocycles. The van der Waals surface area contributed by atoms with Crippen LogP contribution in [0.3, 0.4) is 0 Å². The van der Waals surface area contributed by atoms with Gasteiger partial charge < -0.3 is 5.32 Å². The summed E-state index contributed by atoms with van der Waals surface area (Å²) in [6, 6.07) is 12.3. The van der Waals surface area contributed by atoms with Gasteiger partial charge in [-0.15, -0.1) is 0 Å². The molecule has 0 aliphatic carbocycles. The Balaban J connectivity index is 1.71. The van der Waals surface area contributed by atoms with Crippen LogP contribution < -0.4 is 5.32 Å². The number of alkyl halides is 3. The number of hydrogen-bond donors (Lipinski definition) is 1. The van der Waals surface area contributed by atoms with Crippen molar-refractivity contribution in [2.24, 2.45) is 0 Å². The van der Waals surface area contributed by atoms with Crippen molar-refractivity contribution in [3.63, 3.8) is 0 Å². The van der Waals surface area contributed by atoms with E-state index in [1.165, 1.54) is 22.7 Å². The first-order chi connectivity index (χ1) is 13.0. The van der Waals surface area contributed by atoms with Gasteiger partial charge in [0.2, 0.25) is 0 Å². The number of fused-ring (bicyclic) bond motifs is 1. The van der Waals surface area contributed by atoms with E-state index in [9.17, 15) is 13.2 Å². The summed E-state index contributed by atoms with van der Waals surface area (Å²) in [6.45, 7) is 0.493. The van der Waals surface area contributed by atoms with Gasteiger partial charge in [0.05, 0.1) is 17.5 Å². The van der Waals surface area contributed by atoms with Crippen molar-refractivity contribution in [2.75, 3.05) is 5.32 Å². The van der Waals surface area contributed by atoms with E-state index in [0.717, 1.165) is 11.6 Å². The van der Waals surface area contributed by atoms with E-state index in [2.05, 4.69) is 20.4 Å². The fourth-order valence-corrected chi connectivity index (χ4v) is 2.79. The van der Waals surface area contributed by atoms with Gasteiger partial charge in [-0.3, -0.25) is 4.98 Å². The number of halogens is 3. The number of benzene rings is 1. The molecule has 8 heteroatoms. The van der Waals surface area contributed by atoms with E-state index in [-0.39, 0.29) is 11.3 Å². The molecule has 0 unspecified atom stereocenters. The van der Waals surface area contributed by atoms with Gasteiger partial charge in [-0.05, 0) is 29.8 Å². The number of nitrogens with zero attached hydrogens (tertiary/aromatic N) is 4. The van der Waals surface area contributed by atoms with E-state index < -0.39 is 11.7 Å². The summed E-state index contributed by atoms with van der Waals surface area (Å²) in [6.07, 6.45) is 0.556. The van der Waals surface area contributed by atoms with E-state index in [1.54, 1.807) is 30.7 Å². The van der Waals surface area contributed by atoms with Crippen LogP contribution in [-0.4, -0.2) is 19.6 Å². The second kappa shape index (κ2) is 6.71. The van der Waals surface area contributed by atoms with Crippen molar-refractivity contribution < 1.29 is 13.2 Å². The zero-order valence-corrected chi connectivity index (χ0v) is 14.0. The largest absolute Gasteiger partial charge is 0.417 e. The van der Waals surface area contributed by atoms with Crippen LogP contribution in [0.2, 0.25) is 0 Å². The summed E-state index contributed by atoms with van der Waals surface area (Å²) in [7, 11) is 0. The molecular formula is C19H14F3N5. The lowest BCUT2D eigenvalue weighted by Crippen LogP contribution is -2.09. The minimum absolute atomic E-state index is 0.0267. The summed E-state index contributed by atoms with van der Waals surface area (Å²) in [5.41, 5.74) is 1.03. The highest BCUT2D eigenvalue weighted by atomic mass is 19.4. The van der Waals surface area contributed by atoms with Crippen LogP contribution in [0.4, 0.5) is 19.0 Å². The van der Waals surface area contributed by atoms with Crippen LogP contribution in [0.1, 0.15) is 11.1 Å². The smallest absolute Gasteiger partial charge is 0.365 e. The van der Waals surface area contributed by atoms with Crippen LogP contribution >= 0.6 is 0 Å². The molecule has 136 valence electrons. The Morgan fingerprint density at radius 2 is 1.81 bits per heavy atom. The molecule has 27 heavy (non-hydrogen) atoms. The number of imidazole rings is 1. The third-order valence-corrected chi connectivity index (χ3v) is 4.07. The third-order valence-electron chi connectivity index (χ3n) is 4.07. The maximum atomic E-state index is 13.3. The lowest BCUT2D eigenvalue weighted by molar-refractivity contribution is -0.137. The zero-order chi connectivity index (χ0) is 18.9. The molecular weight excluding hydrogens is 355 g/mol. The molecule has 0 fully saturated rings. The molecule has 0 spiro atoms. The van der Waals surface area contributed by atoms with Crippen molar-refractivity contribution in [3.05, 3.63) is 78.2 Å². The fraction of sp³-hybridized carbons (Fsp3) is 0.105. The second-order valence-electron chi connectivity index (χ2n) is 5.89. The molecule has 0 aliphatic heterocycles. The molecule has 4 rings (SSSR count). The van der Waals surface area contributed by atoms with Gasteiger partial charge in [0.1, 0.15) is 5.82 Å². The standard InChI is InChI=1S/C19H14F3N5/c20-19(21,22)15-6-2-1-5-14(15)16-7-8-17-25-12-18(27(17)26-16)24-11-13-4-3-9-23-10-13/h1-10,12,24H,11H2. The third kappa shape index (κ3) is 3.46. The molecule has 3 heterocycles. The molecule has 0 atom stereocenters. The summed E-state index contributed by atoms with van der Waals surface area (Å²) >= 11 is 0. The summed E-state index contributed by atoms with van der Waals surface area (Å²) in [5.74, 6) is 0.584. The highest BCUT2D eigenvalue weighted by Gasteiger charge is 2.33. The summed E-state index contributed by atoms with van der Waals surface area (Å²) in [4.78, 5) is 8.29. The van der Waals surface area contributed by atoms with Crippen molar-refractivity contribution in [1.29, 1.82) is 0 Å². The first-order valence-electron chi connectivity index (χ1n) is 8.16. The summed E-state index contributed by atoms with van der Waals surface area (Å²) in [5, 5.41) is 7.55. The Hall–Kier alpha value is -3.42. The van der Waals surface area contributed by atoms with Crippen LogP contribution in [0.5, 0.6) is 0 Å². The van der Waals surface area contributed by atoms with Crippen molar-refractivity contribution in [2.45, 2.75) is 12.7 Å². The highest BCUT2D eigenvalue weighted by molar-refractivity contribution is 5.66. The minimum Gasteiger partial charge on any atom is -0.365 e. The molecule has 3 aromatic heterocycles. The predicted octanol–water partition coefficient (Wildman–Crippen LogP) is 4.42. The molecule has 0 amide bonds. The highest BCUT2D eigenvalue weighted by Crippen LogP contribution is 2.36. The zero-order valence-electron chi connectivity index (χ0n) is 14.0. The van der Waals surface area contributed by atoms with E-state index in [1.807, 2.05) is 12.1 Å². The normalized spacial score (nSPS) is 11.7. The molecule has 5 nitrogen and oxygen atoms in total. The molecule has 0 bridgehead atoms. The van der Waals surface area contributed by atoms with Gasteiger partial charge in [0, 0.05) is 24.5 Å². The number of pyridine rings is 1. The Morgan fingerprint density at radius 1 is 0.963 bits per heavy atom. The van der Waals surface area contributed by atoms with E-state index in [0.29, 0.717) is 18.0 Å². The van der Waals surface area contributed by atoms with Gasteiger partial charge in [0.15, 0.2) is 5.65 Å². The summed E-state index contributed by atoms with van der Waals surface area (Å²) < 4.78 is 41.4. The van der Waals surface area contributed by atoms with Gasteiger partial charge in [-0.2, -0.15) is 22.8 Å². The Bertz CT molecular complexity index is 1070. The van der Waals surface area contributed by atoms with Crippen LogP contribution in [-0.2, 0) is 12.7 Å². The van der Waals surface area contributed by atoms with Gasteiger partial charge in [0.25, 0.3) is 0 Å². The monoisotopic (exact) mass is 369 g/mol. The maximum absolute atomic E-state index is 13.3. The molecule has 0 saturated carbocycles.